The Labute approximate surface area is 98.7 Å². The normalized spacial score (nSPS) is 28.0. The lowest BCUT2D eigenvalue weighted by molar-refractivity contribution is -0.143. The van der Waals surface area contributed by atoms with Crippen molar-refractivity contribution in [2.45, 2.75) is 25.0 Å². The lowest BCUT2D eigenvalue weighted by atomic mass is 9.97. The van der Waals surface area contributed by atoms with E-state index < -0.39 is 24.1 Å². The van der Waals surface area contributed by atoms with Gasteiger partial charge in [-0.3, -0.25) is 4.79 Å². The zero-order valence-electron chi connectivity index (χ0n) is 9.64. The Hall–Kier alpha value is -1.18. The van der Waals surface area contributed by atoms with Crippen molar-refractivity contribution in [2.75, 3.05) is 26.4 Å². The summed E-state index contributed by atoms with van der Waals surface area (Å²) in [5, 5.41) is 20.8. The van der Waals surface area contributed by atoms with Gasteiger partial charge in [0, 0.05) is 19.6 Å². The van der Waals surface area contributed by atoms with Crippen LogP contribution in [-0.2, 0) is 19.1 Å². The fourth-order valence-electron chi connectivity index (χ4n) is 1.54. The van der Waals surface area contributed by atoms with Crippen LogP contribution >= 0.6 is 0 Å². The van der Waals surface area contributed by atoms with Crippen LogP contribution in [0.25, 0.3) is 0 Å². The standard InChI is InChI=1S/C10H17NO6/c1-7-10(15,2-3-17-7)6-11-8(12)4-16-5-9(13)14/h7,15H,2-6H2,1H3,(H,11,12)(H,13,14). The molecule has 2 atom stereocenters. The summed E-state index contributed by atoms with van der Waals surface area (Å²) in [5.74, 6) is -1.59. The molecule has 0 aromatic heterocycles. The highest BCUT2D eigenvalue weighted by molar-refractivity contribution is 5.77. The Kier molecular flexibility index (Phi) is 4.86. The van der Waals surface area contributed by atoms with E-state index in [4.69, 9.17) is 9.84 Å². The van der Waals surface area contributed by atoms with Gasteiger partial charge in [0.2, 0.25) is 5.91 Å². The summed E-state index contributed by atoms with van der Waals surface area (Å²) in [7, 11) is 0. The van der Waals surface area contributed by atoms with Crippen molar-refractivity contribution >= 4 is 11.9 Å². The molecule has 1 fully saturated rings. The van der Waals surface area contributed by atoms with E-state index >= 15 is 0 Å². The molecular weight excluding hydrogens is 230 g/mol. The van der Waals surface area contributed by atoms with Gasteiger partial charge in [-0.2, -0.15) is 0 Å². The second-order valence-electron chi connectivity index (χ2n) is 4.03. The monoisotopic (exact) mass is 247 g/mol. The maximum absolute atomic E-state index is 11.2. The van der Waals surface area contributed by atoms with Gasteiger partial charge in [-0.1, -0.05) is 0 Å². The first kappa shape index (κ1) is 13.9. The summed E-state index contributed by atoms with van der Waals surface area (Å²) in [4.78, 5) is 21.4. The first-order valence-electron chi connectivity index (χ1n) is 5.34. The van der Waals surface area contributed by atoms with Crippen molar-refractivity contribution in [3.8, 4) is 0 Å². The lowest BCUT2D eigenvalue weighted by Crippen LogP contribution is -2.48. The minimum atomic E-state index is -1.13. The molecule has 0 aromatic rings. The molecule has 1 rings (SSSR count). The Bertz CT molecular complexity index is 295. The summed E-state index contributed by atoms with van der Waals surface area (Å²) in [5.41, 5.74) is -1.05. The molecule has 0 bridgehead atoms. The van der Waals surface area contributed by atoms with Crippen molar-refractivity contribution < 1.29 is 29.3 Å². The van der Waals surface area contributed by atoms with E-state index in [-0.39, 0.29) is 19.3 Å². The molecular formula is C10H17NO6. The highest BCUT2D eigenvalue weighted by Crippen LogP contribution is 2.24. The minimum Gasteiger partial charge on any atom is -0.480 e. The lowest BCUT2D eigenvalue weighted by Gasteiger charge is -2.26. The molecule has 0 radical (unpaired) electrons. The number of carboxylic acids is 1. The van der Waals surface area contributed by atoms with Gasteiger partial charge in [0.1, 0.15) is 18.8 Å². The number of carbonyl (C=O) groups excluding carboxylic acids is 1. The summed E-state index contributed by atoms with van der Waals surface area (Å²) in [6.07, 6.45) is 0.132. The molecule has 0 aromatic carbocycles. The number of ether oxygens (including phenoxy) is 2. The number of rotatable bonds is 6. The third kappa shape index (κ3) is 4.29. The predicted molar refractivity (Wildman–Crippen MR) is 56.4 cm³/mol. The van der Waals surface area contributed by atoms with Crippen molar-refractivity contribution in [1.82, 2.24) is 5.32 Å². The largest absolute Gasteiger partial charge is 0.480 e. The number of nitrogens with one attached hydrogen (secondary N) is 1. The summed E-state index contributed by atoms with van der Waals surface area (Å²) in [6.45, 7) is 1.42. The second-order valence-corrected chi connectivity index (χ2v) is 4.03. The second kappa shape index (κ2) is 5.95. The SMILES string of the molecule is CC1OCCC1(O)CNC(=O)COCC(=O)O. The van der Waals surface area contributed by atoms with Crippen LogP contribution in [0, 0.1) is 0 Å². The van der Waals surface area contributed by atoms with E-state index in [0.29, 0.717) is 13.0 Å². The van der Waals surface area contributed by atoms with Crippen LogP contribution < -0.4 is 5.32 Å². The average Bonchev–Trinajstić information content (AvgIpc) is 2.57. The number of carbonyl (C=O) groups is 2. The Morgan fingerprint density at radius 2 is 2.24 bits per heavy atom. The fourth-order valence-corrected chi connectivity index (χ4v) is 1.54. The molecule has 2 unspecified atom stereocenters. The molecule has 1 amide bonds. The van der Waals surface area contributed by atoms with Gasteiger partial charge < -0.3 is 25.0 Å². The average molecular weight is 247 g/mol. The van der Waals surface area contributed by atoms with Crippen LogP contribution in [-0.4, -0.2) is 60.2 Å². The summed E-state index contributed by atoms with van der Waals surface area (Å²) >= 11 is 0. The number of hydrogen-bond donors (Lipinski definition) is 3. The smallest absolute Gasteiger partial charge is 0.329 e. The number of aliphatic carboxylic acids is 1. The van der Waals surface area contributed by atoms with Crippen LogP contribution in [0.2, 0.25) is 0 Å². The van der Waals surface area contributed by atoms with Gasteiger partial charge >= 0.3 is 5.97 Å². The molecule has 1 saturated heterocycles. The van der Waals surface area contributed by atoms with E-state index in [1.54, 1.807) is 6.92 Å². The van der Waals surface area contributed by atoms with Gasteiger partial charge in [-0.05, 0) is 6.92 Å². The number of amides is 1. The molecule has 3 N–H and O–H groups in total. The van der Waals surface area contributed by atoms with Gasteiger partial charge in [0.05, 0.1) is 6.10 Å². The van der Waals surface area contributed by atoms with Crippen LogP contribution in [0.4, 0.5) is 0 Å². The molecule has 7 nitrogen and oxygen atoms in total. The maximum Gasteiger partial charge on any atom is 0.329 e. The Balaban J connectivity index is 2.21. The zero-order chi connectivity index (χ0) is 12.9. The Morgan fingerprint density at radius 3 is 2.76 bits per heavy atom. The van der Waals surface area contributed by atoms with Crippen LogP contribution in [0.5, 0.6) is 0 Å². The van der Waals surface area contributed by atoms with Crippen molar-refractivity contribution in [2.24, 2.45) is 0 Å². The number of hydrogen-bond acceptors (Lipinski definition) is 5. The molecule has 0 saturated carbocycles. The Morgan fingerprint density at radius 1 is 1.53 bits per heavy atom. The third-order valence-electron chi connectivity index (χ3n) is 2.71. The highest BCUT2D eigenvalue weighted by Gasteiger charge is 2.39. The first-order chi connectivity index (χ1) is 7.94. The van der Waals surface area contributed by atoms with Crippen molar-refractivity contribution in [3.05, 3.63) is 0 Å². The topological polar surface area (TPSA) is 105 Å². The molecule has 0 aliphatic carbocycles. The van der Waals surface area contributed by atoms with Crippen LogP contribution in [0.15, 0.2) is 0 Å². The van der Waals surface area contributed by atoms with Gasteiger partial charge in [0.15, 0.2) is 0 Å². The van der Waals surface area contributed by atoms with E-state index in [2.05, 4.69) is 10.1 Å². The van der Waals surface area contributed by atoms with Gasteiger partial charge in [-0.15, -0.1) is 0 Å². The molecule has 0 spiro atoms. The van der Waals surface area contributed by atoms with E-state index in [0.717, 1.165) is 0 Å². The number of carboxylic acid groups (broad SMARTS) is 1. The predicted octanol–water partition coefficient (Wildman–Crippen LogP) is -1.26. The van der Waals surface area contributed by atoms with Crippen molar-refractivity contribution in [3.63, 3.8) is 0 Å². The van der Waals surface area contributed by atoms with E-state index in [9.17, 15) is 14.7 Å². The van der Waals surface area contributed by atoms with E-state index in [1.165, 1.54) is 0 Å². The molecule has 1 heterocycles. The van der Waals surface area contributed by atoms with Gasteiger partial charge in [0.25, 0.3) is 0 Å². The van der Waals surface area contributed by atoms with Gasteiger partial charge in [-0.25, -0.2) is 4.79 Å². The third-order valence-corrected chi connectivity index (χ3v) is 2.71. The highest BCUT2D eigenvalue weighted by atomic mass is 16.5. The fraction of sp³-hybridized carbons (Fsp3) is 0.800. The molecule has 1 aliphatic rings. The van der Waals surface area contributed by atoms with Crippen LogP contribution in [0.1, 0.15) is 13.3 Å². The van der Waals surface area contributed by atoms with Crippen molar-refractivity contribution in [1.29, 1.82) is 0 Å². The molecule has 7 heteroatoms. The molecule has 1 aliphatic heterocycles. The summed E-state index contributed by atoms with van der Waals surface area (Å²) < 4.78 is 9.81. The number of aliphatic hydroxyl groups is 1. The minimum absolute atomic E-state index is 0.0728. The molecule has 17 heavy (non-hydrogen) atoms. The molecule has 98 valence electrons. The zero-order valence-corrected chi connectivity index (χ0v) is 9.64. The first-order valence-corrected chi connectivity index (χ1v) is 5.34. The summed E-state index contributed by atoms with van der Waals surface area (Å²) in [6, 6.07) is 0. The quantitative estimate of drug-likeness (QED) is 0.541. The van der Waals surface area contributed by atoms with Crippen LogP contribution in [0.3, 0.4) is 0 Å². The van der Waals surface area contributed by atoms with E-state index in [1.807, 2.05) is 0 Å². The maximum atomic E-state index is 11.2.